The van der Waals surface area contributed by atoms with Crippen LogP contribution in [0, 0.1) is 23.7 Å². The highest BCUT2D eigenvalue weighted by Gasteiger charge is 2.32. The Morgan fingerprint density at radius 2 is 1.54 bits per heavy atom. The van der Waals surface area contributed by atoms with Crippen molar-refractivity contribution < 1.29 is 9.59 Å². The number of anilines is 1. The highest BCUT2D eigenvalue weighted by Crippen LogP contribution is 2.42. The molecule has 0 atom stereocenters. The van der Waals surface area contributed by atoms with Gasteiger partial charge in [-0.3, -0.25) is 9.59 Å². The lowest BCUT2D eigenvalue weighted by Crippen LogP contribution is -2.30. The first-order valence-corrected chi connectivity index (χ1v) is 11.6. The second kappa shape index (κ2) is 10.8. The van der Waals surface area contributed by atoms with Crippen molar-refractivity contribution in [2.45, 2.75) is 84.0 Å². The summed E-state index contributed by atoms with van der Waals surface area (Å²) >= 11 is 0. The number of hydrogen-bond donors (Lipinski definition) is 1. The number of amides is 1. The molecule has 1 aromatic carbocycles. The van der Waals surface area contributed by atoms with Crippen LogP contribution in [-0.4, -0.2) is 12.2 Å². The van der Waals surface area contributed by atoms with Crippen molar-refractivity contribution in [2.24, 2.45) is 23.7 Å². The average molecular weight is 384 g/mol. The van der Waals surface area contributed by atoms with Gasteiger partial charge in [-0.25, -0.2) is 0 Å². The van der Waals surface area contributed by atoms with Gasteiger partial charge in [-0.1, -0.05) is 45.4 Å². The van der Waals surface area contributed by atoms with Crippen LogP contribution in [0.2, 0.25) is 0 Å². The number of aldehydes is 1. The molecule has 0 radical (unpaired) electrons. The Bertz CT molecular complexity index is 608. The van der Waals surface area contributed by atoms with Gasteiger partial charge in [0, 0.05) is 17.2 Å². The summed E-state index contributed by atoms with van der Waals surface area (Å²) < 4.78 is 0. The molecule has 0 aliphatic heterocycles. The van der Waals surface area contributed by atoms with Gasteiger partial charge in [-0.05, 0) is 80.5 Å². The summed E-state index contributed by atoms with van der Waals surface area (Å²) in [7, 11) is 0. The lowest BCUT2D eigenvalue weighted by atomic mass is 9.68. The standard InChI is InChI=1S/C25H37NO2/c1-2-3-4-5-19-6-10-21(11-7-19)22-12-14-23(15-13-22)25(28)26-24-16-8-20(18-27)9-17-24/h8-9,16-19,21-23H,2-7,10-15H2,1H3,(H,26,28). The smallest absolute Gasteiger partial charge is 0.227 e. The van der Waals surface area contributed by atoms with Gasteiger partial charge in [0.2, 0.25) is 5.91 Å². The molecule has 2 saturated carbocycles. The fourth-order valence-electron chi connectivity index (χ4n) is 5.37. The topological polar surface area (TPSA) is 46.2 Å². The second-order valence-electron chi connectivity index (χ2n) is 9.12. The first kappa shape index (κ1) is 21.1. The van der Waals surface area contributed by atoms with Crippen molar-refractivity contribution in [1.29, 1.82) is 0 Å². The van der Waals surface area contributed by atoms with E-state index in [1.54, 1.807) is 12.1 Å². The van der Waals surface area contributed by atoms with Gasteiger partial charge in [-0.2, -0.15) is 0 Å². The van der Waals surface area contributed by atoms with Crippen molar-refractivity contribution in [2.75, 3.05) is 5.32 Å². The van der Waals surface area contributed by atoms with E-state index in [0.29, 0.717) is 5.56 Å². The molecule has 0 spiro atoms. The molecule has 2 fully saturated rings. The fourth-order valence-corrected chi connectivity index (χ4v) is 5.37. The average Bonchev–Trinajstić information content (AvgIpc) is 2.75. The fraction of sp³-hybridized carbons (Fsp3) is 0.680. The van der Waals surface area contributed by atoms with Crippen LogP contribution in [0.1, 0.15) is 94.3 Å². The number of nitrogens with one attached hydrogen (secondary N) is 1. The number of hydrogen-bond acceptors (Lipinski definition) is 2. The van der Waals surface area contributed by atoms with E-state index in [9.17, 15) is 9.59 Å². The van der Waals surface area contributed by atoms with Crippen LogP contribution in [0.3, 0.4) is 0 Å². The third-order valence-electron chi connectivity index (χ3n) is 7.23. The summed E-state index contributed by atoms with van der Waals surface area (Å²) in [6.45, 7) is 2.29. The van der Waals surface area contributed by atoms with E-state index in [2.05, 4.69) is 12.2 Å². The highest BCUT2D eigenvalue weighted by atomic mass is 16.1. The molecule has 1 amide bonds. The van der Waals surface area contributed by atoms with Gasteiger partial charge in [0.25, 0.3) is 0 Å². The van der Waals surface area contributed by atoms with Crippen molar-refractivity contribution in [3.8, 4) is 0 Å². The predicted molar refractivity (Wildman–Crippen MR) is 115 cm³/mol. The molecule has 1 aromatic rings. The molecule has 0 aromatic heterocycles. The Morgan fingerprint density at radius 1 is 0.929 bits per heavy atom. The molecule has 0 heterocycles. The van der Waals surface area contributed by atoms with Crippen molar-refractivity contribution in [3.63, 3.8) is 0 Å². The maximum atomic E-state index is 12.6. The number of carbonyl (C=O) groups is 2. The predicted octanol–water partition coefficient (Wildman–Crippen LogP) is 6.63. The minimum atomic E-state index is 0.146. The first-order valence-electron chi connectivity index (χ1n) is 11.6. The third kappa shape index (κ3) is 5.93. The molecule has 154 valence electrons. The Kier molecular flexibility index (Phi) is 8.12. The maximum absolute atomic E-state index is 12.6. The third-order valence-corrected chi connectivity index (χ3v) is 7.23. The van der Waals surface area contributed by atoms with Crippen molar-refractivity contribution in [1.82, 2.24) is 0 Å². The lowest BCUT2D eigenvalue weighted by molar-refractivity contribution is -0.121. The van der Waals surface area contributed by atoms with Crippen molar-refractivity contribution in [3.05, 3.63) is 29.8 Å². The molecule has 28 heavy (non-hydrogen) atoms. The molecular formula is C25H37NO2. The highest BCUT2D eigenvalue weighted by molar-refractivity contribution is 5.92. The minimum absolute atomic E-state index is 0.146. The van der Waals surface area contributed by atoms with Gasteiger partial charge < -0.3 is 5.32 Å². The Hall–Kier alpha value is -1.64. The Balaban J connectivity index is 1.38. The van der Waals surface area contributed by atoms with Crippen LogP contribution < -0.4 is 5.32 Å². The van der Waals surface area contributed by atoms with Gasteiger partial charge in [0.15, 0.2) is 0 Å². The molecule has 2 aliphatic rings. The number of unbranched alkanes of at least 4 members (excludes halogenated alkanes) is 2. The van der Waals surface area contributed by atoms with Gasteiger partial charge in [-0.15, -0.1) is 0 Å². The van der Waals surface area contributed by atoms with E-state index in [-0.39, 0.29) is 11.8 Å². The molecule has 0 bridgehead atoms. The zero-order chi connectivity index (χ0) is 19.8. The normalized spacial score (nSPS) is 27.9. The zero-order valence-electron chi connectivity index (χ0n) is 17.5. The quantitative estimate of drug-likeness (QED) is 0.404. The van der Waals surface area contributed by atoms with Gasteiger partial charge >= 0.3 is 0 Å². The number of carbonyl (C=O) groups excluding carboxylic acids is 2. The van der Waals surface area contributed by atoms with E-state index in [4.69, 9.17) is 0 Å². The largest absolute Gasteiger partial charge is 0.326 e. The minimum Gasteiger partial charge on any atom is -0.326 e. The van der Waals surface area contributed by atoms with E-state index in [1.807, 2.05) is 12.1 Å². The van der Waals surface area contributed by atoms with Gasteiger partial charge in [0.1, 0.15) is 6.29 Å². The second-order valence-corrected chi connectivity index (χ2v) is 9.12. The van der Waals surface area contributed by atoms with Crippen LogP contribution >= 0.6 is 0 Å². The van der Waals surface area contributed by atoms with E-state index in [0.717, 1.165) is 42.6 Å². The summed E-state index contributed by atoms with van der Waals surface area (Å²) in [5.41, 5.74) is 1.43. The monoisotopic (exact) mass is 383 g/mol. The Labute approximate surface area is 170 Å². The molecule has 3 rings (SSSR count). The molecule has 3 nitrogen and oxygen atoms in total. The summed E-state index contributed by atoms with van der Waals surface area (Å²) in [4.78, 5) is 23.3. The van der Waals surface area contributed by atoms with Crippen molar-refractivity contribution >= 4 is 17.9 Å². The van der Waals surface area contributed by atoms with E-state index < -0.39 is 0 Å². The molecule has 3 heteroatoms. The van der Waals surface area contributed by atoms with Crippen LogP contribution in [0.15, 0.2) is 24.3 Å². The first-order chi connectivity index (χ1) is 13.7. The summed E-state index contributed by atoms with van der Waals surface area (Å²) in [6, 6.07) is 7.12. The van der Waals surface area contributed by atoms with Crippen LogP contribution in [0.25, 0.3) is 0 Å². The molecule has 0 unspecified atom stereocenters. The zero-order valence-corrected chi connectivity index (χ0v) is 17.5. The molecule has 0 saturated heterocycles. The van der Waals surface area contributed by atoms with Crippen LogP contribution in [-0.2, 0) is 4.79 Å². The number of benzene rings is 1. The maximum Gasteiger partial charge on any atom is 0.227 e. The summed E-state index contributed by atoms with van der Waals surface area (Å²) in [5.74, 6) is 3.02. The van der Waals surface area contributed by atoms with E-state index in [1.165, 1.54) is 64.2 Å². The van der Waals surface area contributed by atoms with E-state index >= 15 is 0 Å². The molecule has 1 N–H and O–H groups in total. The summed E-state index contributed by atoms with van der Waals surface area (Å²) in [6.07, 6.45) is 16.6. The summed E-state index contributed by atoms with van der Waals surface area (Å²) in [5, 5.41) is 3.03. The van der Waals surface area contributed by atoms with Crippen LogP contribution in [0.4, 0.5) is 5.69 Å². The number of rotatable bonds is 8. The van der Waals surface area contributed by atoms with Crippen LogP contribution in [0.5, 0.6) is 0 Å². The Morgan fingerprint density at radius 3 is 2.11 bits per heavy atom. The molecule has 2 aliphatic carbocycles. The molecular weight excluding hydrogens is 346 g/mol. The SMILES string of the molecule is CCCCCC1CCC(C2CCC(C(=O)Nc3ccc(C=O)cc3)CC2)CC1. The lowest BCUT2D eigenvalue weighted by Gasteiger charge is -2.37. The van der Waals surface area contributed by atoms with Gasteiger partial charge in [0.05, 0.1) is 0 Å².